The number of pyridine rings is 1. The highest BCUT2D eigenvalue weighted by Crippen LogP contribution is 2.39. The number of aldehydes is 1. The van der Waals surface area contributed by atoms with Crippen LogP contribution in [0, 0.1) is 17.7 Å². The molecule has 1 aliphatic carbocycles. The predicted molar refractivity (Wildman–Crippen MR) is 121 cm³/mol. The first-order valence-electron chi connectivity index (χ1n) is 10.7. The average molecular weight is 427 g/mol. The van der Waals surface area contributed by atoms with Gasteiger partial charge in [-0.2, -0.15) is 0 Å². The van der Waals surface area contributed by atoms with Crippen molar-refractivity contribution in [3.05, 3.63) is 89.7 Å². The SMILES string of the molecule is O=CC1CC1Cc1ccc(OCc2cc(-c3ccc(O)cc3)nc3ccccc23)c(F)c1. The number of carbonyl (C=O) groups is 1. The molecular weight excluding hydrogens is 405 g/mol. The van der Waals surface area contributed by atoms with Crippen LogP contribution in [-0.4, -0.2) is 16.4 Å². The van der Waals surface area contributed by atoms with Crippen molar-refractivity contribution < 1.29 is 19.0 Å². The predicted octanol–water partition coefficient (Wildman–Crippen LogP) is 5.70. The van der Waals surface area contributed by atoms with Crippen molar-refractivity contribution in [2.24, 2.45) is 11.8 Å². The largest absolute Gasteiger partial charge is 0.508 e. The van der Waals surface area contributed by atoms with E-state index in [2.05, 4.69) is 0 Å². The maximum absolute atomic E-state index is 14.7. The summed E-state index contributed by atoms with van der Waals surface area (Å²) in [5, 5.41) is 10.5. The van der Waals surface area contributed by atoms with E-state index in [1.807, 2.05) is 48.5 Å². The number of para-hydroxylation sites is 1. The quantitative estimate of drug-likeness (QED) is 0.384. The molecule has 2 unspecified atom stereocenters. The second-order valence-corrected chi connectivity index (χ2v) is 8.28. The summed E-state index contributed by atoms with van der Waals surface area (Å²) < 4.78 is 20.5. The van der Waals surface area contributed by atoms with Crippen molar-refractivity contribution in [2.45, 2.75) is 19.4 Å². The summed E-state index contributed by atoms with van der Waals surface area (Å²) in [6.45, 7) is 0.195. The monoisotopic (exact) mass is 427 g/mol. The van der Waals surface area contributed by atoms with E-state index < -0.39 is 5.82 Å². The molecule has 0 amide bonds. The fourth-order valence-electron chi connectivity index (χ4n) is 4.07. The molecule has 0 aliphatic heterocycles. The van der Waals surface area contributed by atoms with Crippen LogP contribution in [0.4, 0.5) is 4.39 Å². The number of nitrogens with zero attached hydrogens (tertiary/aromatic N) is 1. The highest BCUT2D eigenvalue weighted by atomic mass is 19.1. The van der Waals surface area contributed by atoms with Crippen LogP contribution in [0.5, 0.6) is 11.5 Å². The van der Waals surface area contributed by atoms with Crippen molar-refractivity contribution in [1.82, 2.24) is 4.98 Å². The van der Waals surface area contributed by atoms with E-state index in [0.29, 0.717) is 12.3 Å². The zero-order chi connectivity index (χ0) is 22.1. The number of phenolic OH excluding ortho intramolecular Hbond substituents is 1. The Kier molecular flexibility index (Phi) is 5.31. The second-order valence-electron chi connectivity index (χ2n) is 8.28. The number of aromatic hydroxyl groups is 1. The summed E-state index contributed by atoms with van der Waals surface area (Å²) in [6, 6.07) is 21.6. The van der Waals surface area contributed by atoms with Gasteiger partial charge in [0.15, 0.2) is 11.6 Å². The fourth-order valence-corrected chi connectivity index (χ4v) is 4.07. The number of hydrogen-bond donors (Lipinski definition) is 1. The van der Waals surface area contributed by atoms with Crippen LogP contribution in [0.25, 0.3) is 22.2 Å². The first kappa shape index (κ1) is 20.2. The fraction of sp³-hybridized carbons (Fsp3) is 0.185. The highest BCUT2D eigenvalue weighted by molar-refractivity contribution is 5.85. The maximum atomic E-state index is 14.7. The van der Waals surface area contributed by atoms with Crippen LogP contribution in [0.3, 0.4) is 0 Å². The van der Waals surface area contributed by atoms with Crippen LogP contribution in [0.2, 0.25) is 0 Å². The number of rotatable bonds is 7. The minimum absolute atomic E-state index is 0.122. The Hall–Kier alpha value is -3.73. The van der Waals surface area contributed by atoms with E-state index in [-0.39, 0.29) is 24.0 Å². The number of hydrogen-bond acceptors (Lipinski definition) is 4. The molecule has 1 aromatic heterocycles. The van der Waals surface area contributed by atoms with Gasteiger partial charge in [-0.25, -0.2) is 9.37 Å². The lowest BCUT2D eigenvalue weighted by Gasteiger charge is -2.13. The third kappa shape index (κ3) is 4.19. The maximum Gasteiger partial charge on any atom is 0.165 e. The Morgan fingerprint density at radius 3 is 2.62 bits per heavy atom. The van der Waals surface area contributed by atoms with Gasteiger partial charge in [-0.15, -0.1) is 0 Å². The van der Waals surface area contributed by atoms with E-state index in [0.717, 1.165) is 46.0 Å². The first-order valence-corrected chi connectivity index (χ1v) is 10.7. The minimum atomic E-state index is -0.400. The van der Waals surface area contributed by atoms with E-state index >= 15 is 0 Å². The Morgan fingerprint density at radius 1 is 1.06 bits per heavy atom. The van der Waals surface area contributed by atoms with Crippen LogP contribution in [0.1, 0.15) is 17.5 Å². The molecule has 2 atom stereocenters. The lowest BCUT2D eigenvalue weighted by molar-refractivity contribution is -0.109. The Balaban J connectivity index is 1.39. The van der Waals surface area contributed by atoms with E-state index in [9.17, 15) is 14.3 Å². The zero-order valence-electron chi connectivity index (χ0n) is 17.4. The lowest BCUT2D eigenvalue weighted by atomic mass is 10.0. The van der Waals surface area contributed by atoms with Gasteiger partial charge in [0.2, 0.25) is 0 Å². The van der Waals surface area contributed by atoms with Gasteiger partial charge in [0, 0.05) is 22.4 Å². The highest BCUT2D eigenvalue weighted by Gasteiger charge is 2.36. The van der Waals surface area contributed by atoms with Crippen molar-refractivity contribution in [3.8, 4) is 22.8 Å². The lowest BCUT2D eigenvalue weighted by Crippen LogP contribution is -2.01. The second kappa shape index (κ2) is 8.42. The summed E-state index contributed by atoms with van der Waals surface area (Å²) in [6.07, 6.45) is 2.59. The molecule has 4 nitrogen and oxygen atoms in total. The number of ether oxygens (including phenoxy) is 1. The van der Waals surface area contributed by atoms with Crippen LogP contribution < -0.4 is 4.74 Å². The molecule has 0 spiro atoms. The summed E-state index contributed by atoms with van der Waals surface area (Å²) in [7, 11) is 0. The number of benzene rings is 3. The van der Waals surface area contributed by atoms with Gasteiger partial charge < -0.3 is 14.6 Å². The third-order valence-electron chi connectivity index (χ3n) is 5.99. The smallest absolute Gasteiger partial charge is 0.165 e. The number of halogens is 1. The normalized spacial score (nSPS) is 17.3. The van der Waals surface area contributed by atoms with Crippen LogP contribution in [-0.2, 0) is 17.8 Å². The standard InChI is InChI=1S/C27H22FNO3/c28-24-12-17(11-19-13-20(19)15-30)5-10-27(24)32-16-21-14-26(18-6-8-22(31)9-7-18)29-25-4-2-1-3-23(21)25/h1-10,12,14-15,19-20,31H,11,13,16H2. The first-order chi connectivity index (χ1) is 15.6. The van der Waals surface area contributed by atoms with Gasteiger partial charge in [0.25, 0.3) is 0 Å². The summed E-state index contributed by atoms with van der Waals surface area (Å²) in [5.41, 5.74) is 4.23. The molecule has 3 aromatic carbocycles. The Morgan fingerprint density at radius 2 is 1.88 bits per heavy atom. The summed E-state index contributed by atoms with van der Waals surface area (Å²) >= 11 is 0. The van der Waals surface area contributed by atoms with E-state index in [1.165, 1.54) is 6.07 Å². The van der Waals surface area contributed by atoms with Gasteiger partial charge in [0.05, 0.1) is 11.2 Å². The molecular formula is C27H22FNO3. The van der Waals surface area contributed by atoms with Crippen molar-refractivity contribution in [2.75, 3.05) is 0 Å². The molecule has 1 saturated carbocycles. The van der Waals surface area contributed by atoms with Crippen molar-refractivity contribution in [3.63, 3.8) is 0 Å². The third-order valence-corrected chi connectivity index (χ3v) is 5.99. The molecule has 160 valence electrons. The van der Waals surface area contributed by atoms with Crippen molar-refractivity contribution >= 4 is 17.2 Å². The van der Waals surface area contributed by atoms with Gasteiger partial charge in [-0.1, -0.05) is 24.3 Å². The zero-order valence-corrected chi connectivity index (χ0v) is 17.4. The summed E-state index contributed by atoms with van der Waals surface area (Å²) in [4.78, 5) is 15.6. The van der Waals surface area contributed by atoms with Crippen molar-refractivity contribution in [1.29, 1.82) is 0 Å². The molecule has 1 aliphatic rings. The molecule has 5 heteroatoms. The van der Waals surface area contributed by atoms with E-state index in [1.54, 1.807) is 18.2 Å². The number of aromatic nitrogens is 1. The van der Waals surface area contributed by atoms with Gasteiger partial charge >= 0.3 is 0 Å². The molecule has 4 aromatic rings. The Labute approximate surface area is 185 Å². The average Bonchev–Trinajstić information content (AvgIpc) is 3.56. The van der Waals surface area contributed by atoms with Gasteiger partial charge in [0.1, 0.15) is 18.6 Å². The number of fused-ring (bicyclic) bond motifs is 1. The number of carbonyl (C=O) groups excluding carboxylic acids is 1. The van der Waals surface area contributed by atoms with Gasteiger partial charge in [-0.3, -0.25) is 0 Å². The van der Waals surface area contributed by atoms with Gasteiger partial charge in [-0.05, 0) is 72.9 Å². The molecule has 0 saturated heterocycles. The molecule has 5 rings (SSSR count). The topological polar surface area (TPSA) is 59.4 Å². The molecule has 0 radical (unpaired) electrons. The number of phenols is 1. The molecule has 32 heavy (non-hydrogen) atoms. The Bertz CT molecular complexity index is 1290. The summed E-state index contributed by atoms with van der Waals surface area (Å²) in [5.74, 6) is 0.448. The molecule has 1 heterocycles. The molecule has 1 fully saturated rings. The van der Waals surface area contributed by atoms with Crippen LogP contribution >= 0.6 is 0 Å². The molecule has 1 N–H and O–H groups in total. The molecule has 0 bridgehead atoms. The minimum Gasteiger partial charge on any atom is -0.508 e. The van der Waals surface area contributed by atoms with E-state index in [4.69, 9.17) is 9.72 Å². The van der Waals surface area contributed by atoms with Crippen LogP contribution in [0.15, 0.2) is 72.8 Å².